The van der Waals surface area contributed by atoms with Crippen molar-refractivity contribution in [3.05, 3.63) is 58.8 Å². The van der Waals surface area contributed by atoms with Crippen LogP contribution in [-0.4, -0.2) is 24.2 Å². The fourth-order valence-corrected chi connectivity index (χ4v) is 3.42. The molecule has 0 spiro atoms. The van der Waals surface area contributed by atoms with Crippen LogP contribution in [0.5, 0.6) is 0 Å². The fraction of sp³-hybridized carbons (Fsp3) is 0.150. The molecule has 3 rings (SSSR count). The minimum atomic E-state index is -0.730. The third-order valence-corrected chi connectivity index (χ3v) is 5.05. The molecule has 0 aliphatic carbocycles. The van der Waals surface area contributed by atoms with Crippen LogP contribution in [0.15, 0.2) is 51.8 Å². The molecular weight excluding hydrogens is 400 g/mol. The molecule has 1 N–H and O–H groups in total. The smallest absolute Gasteiger partial charge is 0.375 e. The van der Waals surface area contributed by atoms with Crippen molar-refractivity contribution < 1.29 is 18.7 Å². The van der Waals surface area contributed by atoms with Crippen molar-refractivity contribution in [1.82, 2.24) is 0 Å². The highest BCUT2D eigenvalue weighted by atomic mass is 35.5. The van der Waals surface area contributed by atoms with Crippen LogP contribution in [0.4, 0.5) is 5.69 Å². The van der Waals surface area contributed by atoms with E-state index in [0.717, 1.165) is 4.90 Å². The maximum Gasteiger partial charge on any atom is 0.375 e. The summed E-state index contributed by atoms with van der Waals surface area (Å²) in [6, 6.07) is 14.2. The number of amides is 1. The van der Waals surface area contributed by atoms with Gasteiger partial charge >= 0.3 is 5.97 Å². The topological polar surface area (TPSA) is 92.3 Å². The molecule has 0 fully saturated rings. The molecule has 0 radical (unpaired) electrons. The number of anilines is 1. The number of hydrogen-bond donors (Lipinski definition) is 1. The van der Waals surface area contributed by atoms with Gasteiger partial charge in [0, 0.05) is 20.9 Å². The number of fused-ring (bicyclic) bond motifs is 1. The summed E-state index contributed by atoms with van der Waals surface area (Å²) in [4.78, 5) is 25.2. The van der Waals surface area contributed by atoms with Crippen LogP contribution in [0, 0.1) is 18.3 Å². The Morgan fingerprint density at radius 3 is 2.86 bits per heavy atom. The van der Waals surface area contributed by atoms with Crippen molar-refractivity contribution in [3.8, 4) is 6.07 Å². The van der Waals surface area contributed by atoms with Gasteiger partial charge < -0.3 is 14.5 Å². The predicted octanol–water partition coefficient (Wildman–Crippen LogP) is 4.81. The predicted molar refractivity (Wildman–Crippen MR) is 108 cm³/mol. The average molecular weight is 415 g/mol. The van der Waals surface area contributed by atoms with Crippen LogP contribution in [0.2, 0.25) is 5.02 Å². The number of nitrogens with one attached hydrogen (secondary N) is 1. The summed E-state index contributed by atoms with van der Waals surface area (Å²) in [6.07, 6.45) is 0. The Morgan fingerprint density at radius 2 is 2.07 bits per heavy atom. The van der Waals surface area contributed by atoms with Gasteiger partial charge in [-0.05, 0) is 37.3 Å². The number of carbonyl (C=O) groups excluding carboxylic acids is 2. The van der Waals surface area contributed by atoms with E-state index in [4.69, 9.17) is 26.0 Å². The summed E-state index contributed by atoms with van der Waals surface area (Å²) in [5, 5.41) is 12.6. The second-order valence-electron chi connectivity index (χ2n) is 5.76. The van der Waals surface area contributed by atoms with E-state index >= 15 is 0 Å². The molecule has 1 heterocycles. The molecule has 8 heteroatoms. The lowest BCUT2D eigenvalue weighted by Gasteiger charge is -2.09. The van der Waals surface area contributed by atoms with Crippen molar-refractivity contribution in [3.63, 3.8) is 0 Å². The van der Waals surface area contributed by atoms with Gasteiger partial charge in [-0.15, -0.1) is 11.8 Å². The number of esters is 1. The van der Waals surface area contributed by atoms with Crippen LogP contribution in [0.25, 0.3) is 11.0 Å². The van der Waals surface area contributed by atoms with Gasteiger partial charge in [0.05, 0.1) is 17.5 Å². The van der Waals surface area contributed by atoms with Gasteiger partial charge in [-0.2, -0.15) is 5.26 Å². The molecule has 6 nitrogen and oxygen atoms in total. The number of nitrogens with zero attached hydrogens (tertiary/aromatic N) is 1. The van der Waals surface area contributed by atoms with Gasteiger partial charge in [-0.1, -0.05) is 23.7 Å². The van der Waals surface area contributed by atoms with Gasteiger partial charge in [0.1, 0.15) is 5.58 Å². The quantitative estimate of drug-likeness (QED) is 0.459. The van der Waals surface area contributed by atoms with Crippen LogP contribution in [0.1, 0.15) is 16.1 Å². The first kappa shape index (κ1) is 19.8. The number of hydrogen-bond acceptors (Lipinski definition) is 6. The zero-order valence-electron chi connectivity index (χ0n) is 14.8. The molecule has 1 aromatic heterocycles. The molecule has 0 atom stereocenters. The number of furan rings is 1. The number of nitriles is 1. The number of aryl methyl sites for hydroxylation is 1. The van der Waals surface area contributed by atoms with E-state index in [9.17, 15) is 9.59 Å². The first-order chi connectivity index (χ1) is 13.5. The molecular formula is C20H15ClN2O4S. The lowest BCUT2D eigenvalue weighted by molar-refractivity contribution is -0.119. The molecule has 2 aromatic carbocycles. The SMILES string of the molecule is Cc1c(C(=O)OCC(=O)Nc2ccccc2SCC#N)oc2ccc(Cl)cc12. The summed E-state index contributed by atoms with van der Waals surface area (Å²) >= 11 is 7.28. The maximum absolute atomic E-state index is 12.3. The highest BCUT2D eigenvalue weighted by Crippen LogP contribution is 2.29. The highest BCUT2D eigenvalue weighted by molar-refractivity contribution is 7.99. The summed E-state index contributed by atoms with van der Waals surface area (Å²) in [6.45, 7) is 1.26. The Labute approximate surface area is 170 Å². The van der Waals surface area contributed by atoms with E-state index in [-0.39, 0.29) is 11.5 Å². The summed E-state index contributed by atoms with van der Waals surface area (Å²) < 4.78 is 10.6. The van der Waals surface area contributed by atoms with Gasteiger partial charge in [0.15, 0.2) is 6.61 Å². The second-order valence-corrected chi connectivity index (χ2v) is 7.22. The molecule has 0 bridgehead atoms. The number of halogens is 1. The molecule has 1 amide bonds. The van der Waals surface area contributed by atoms with E-state index in [2.05, 4.69) is 5.32 Å². The molecule has 0 unspecified atom stereocenters. The minimum Gasteiger partial charge on any atom is -0.450 e. The van der Waals surface area contributed by atoms with Crippen molar-refractivity contribution in [2.24, 2.45) is 0 Å². The standard InChI is InChI=1S/C20H15ClN2O4S/c1-12-14-10-13(21)6-7-16(14)27-19(12)20(25)26-11-18(24)23-15-4-2-3-5-17(15)28-9-8-22/h2-7,10H,9,11H2,1H3,(H,23,24). The van der Waals surface area contributed by atoms with Crippen molar-refractivity contribution in [2.45, 2.75) is 11.8 Å². The minimum absolute atomic E-state index is 0.0371. The zero-order valence-corrected chi connectivity index (χ0v) is 16.4. The monoisotopic (exact) mass is 414 g/mol. The van der Waals surface area contributed by atoms with E-state index in [0.29, 0.717) is 27.2 Å². The zero-order chi connectivity index (χ0) is 20.1. The Balaban J connectivity index is 1.65. The third kappa shape index (κ3) is 4.47. The normalized spacial score (nSPS) is 10.5. The number of carbonyl (C=O) groups is 2. The van der Waals surface area contributed by atoms with E-state index in [1.165, 1.54) is 11.8 Å². The maximum atomic E-state index is 12.3. The highest BCUT2D eigenvalue weighted by Gasteiger charge is 2.20. The van der Waals surface area contributed by atoms with Crippen molar-refractivity contribution in [2.75, 3.05) is 17.7 Å². The molecule has 142 valence electrons. The molecule has 3 aromatic rings. The molecule has 0 aliphatic heterocycles. The molecule has 0 saturated heterocycles. The molecule has 28 heavy (non-hydrogen) atoms. The number of rotatable bonds is 6. The van der Waals surface area contributed by atoms with E-state index < -0.39 is 18.5 Å². The third-order valence-electron chi connectivity index (χ3n) is 3.87. The lowest BCUT2D eigenvalue weighted by Crippen LogP contribution is -2.21. The number of thioether (sulfide) groups is 1. The van der Waals surface area contributed by atoms with Crippen LogP contribution in [-0.2, 0) is 9.53 Å². The Bertz CT molecular complexity index is 1090. The average Bonchev–Trinajstić information content (AvgIpc) is 3.01. The largest absolute Gasteiger partial charge is 0.450 e. The van der Waals surface area contributed by atoms with Crippen LogP contribution < -0.4 is 5.32 Å². The number of benzene rings is 2. The van der Waals surface area contributed by atoms with Crippen molar-refractivity contribution >= 4 is 51.9 Å². The van der Waals surface area contributed by atoms with E-state index in [1.807, 2.05) is 12.1 Å². The van der Waals surface area contributed by atoms with Crippen LogP contribution >= 0.6 is 23.4 Å². The first-order valence-electron chi connectivity index (χ1n) is 8.24. The van der Waals surface area contributed by atoms with Gasteiger partial charge in [-0.3, -0.25) is 4.79 Å². The summed E-state index contributed by atoms with van der Waals surface area (Å²) in [5.41, 5.74) is 1.67. The van der Waals surface area contributed by atoms with Gasteiger partial charge in [0.2, 0.25) is 5.76 Å². The summed E-state index contributed by atoms with van der Waals surface area (Å²) in [5.74, 6) is -0.922. The van der Waals surface area contributed by atoms with Gasteiger partial charge in [-0.25, -0.2) is 4.79 Å². The number of para-hydroxylation sites is 1. The molecule has 0 aliphatic rings. The first-order valence-corrected chi connectivity index (χ1v) is 9.60. The van der Waals surface area contributed by atoms with Gasteiger partial charge in [0.25, 0.3) is 5.91 Å². The van der Waals surface area contributed by atoms with Crippen LogP contribution in [0.3, 0.4) is 0 Å². The number of ether oxygens (including phenoxy) is 1. The Morgan fingerprint density at radius 1 is 1.29 bits per heavy atom. The lowest BCUT2D eigenvalue weighted by atomic mass is 10.1. The second kappa shape index (κ2) is 8.83. The molecule has 0 saturated carbocycles. The fourth-order valence-electron chi connectivity index (χ4n) is 2.58. The van der Waals surface area contributed by atoms with Crippen molar-refractivity contribution in [1.29, 1.82) is 5.26 Å². The van der Waals surface area contributed by atoms with E-state index in [1.54, 1.807) is 43.3 Å². The Hall–Kier alpha value is -2.95. The summed E-state index contributed by atoms with van der Waals surface area (Å²) in [7, 11) is 0. The Kier molecular flexibility index (Phi) is 6.24.